The van der Waals surface area contributed by atoms with Gasteiger partial charge in [0.15, 0.2) is 0 Å². The second-order valence-corrected chi connectivity index (χ2v) is 11.1. The maximum Gasteiger partial charge on any atom is 0.321 e. The van der Waals surface area contributed by atoms with Crippen molar-refractivity contribution in [3.05, 3.63) is 65.2 Å². The fraction of sp³-hybridized carbons (Fsp3) is 0.533. The number of likely N-dealkylation sites (tertiary alicyclic amines) is 1. The highest BCUT2D eigenvalue weighted by Gasteiger charge is 2.45. The zero-order chi connectivity index (χ0) is 26.6. The van der Waals surface area contributed by atoms with Gasteiger partial charge in [0.1, 0.15) is 5.75 Å². The molecule has 0 aromatic heterocycles. The molecule has 2 aromatic rings. The quantitative estimate of drug-likeness (QED) is 0.573. The Morgan fingerprint density at radius 3 is 2.42 bits per heavy atom. The highest BCUT2D eigenvalue weighted by Crippen LogP contribution is 2.37. The summed E-state index contributed by atoms with van der Waals surface area (Å²) in [6.45, 7) is 8.45. The Balaban J connectivity index is 1.26. The Hall–Kier alpha value is -3.10. The van der Waals surface area contributed by atoms with Crippen LogP contribution in [0.3, 0.4) is 0 Å². The molecule has 38 heavy (non-hydrogen) atoms. The van der Waals surface area contributed by atoms with Crippen molar-refractivity contribution in [1.29, 1.82) is 0 Å². The van der Waals surface area contributed by atoms with Crippen molar-refractivity contribution < 1.29 is 19.4 Å². The molecule has 3 saturated heterocycles. The van der Waals surface area contributed by atoms with Gasteiger partial charge in [0.2, 0.25) is 0 Å². The molecule has 2 aromatic carbocycles. The normalized spacial score (nSPS) is 21.9. The number of nitrogens with one attached hydrogen (secondary N) is 1. The van der Waals surface area contributed by atoms with E-state index in [1.165, 1.54) is 5.56 Å². The van der Waals surface area contributed by atoms with Crippen LogP contribution in [0.25, 0.3) is 0 Å². The predicted octanol–water partition coefficient (Wildman–Crippen LogP) is 4.15. The first-order valence-electron chi connectivity index (χ1n) is 14.0. The number of ether oxygens (including phenoxy) is 1. The number of carbonyl (C=O) groups excluding carboxylic acids is 2. The Kier molecular flexibility index (Phi) is 8.19. The van der Waals surface area contributed by atoms with Gasteiger partial charge in [-0.15, -0.1) is 0 Å². The van der Waals surface area contributed by atoms with E-state index in [9.17, 15) is 14.7 Å². The number of piperidine rings is 1. The second-order valence-electron chi connectivity index (χ2n) is 11.1. The topological polar surface area (TPSA) is 85.4 Å². The number of aromatic hydroxyl groups is 1. The zero-order valence-corrected chi connectivity index (χ0v) is 22.5. The van der Waals surface area contributed by atoms with Crippen LogP contribution < -0.4 is 5.32 Å². The molecule has 5 rings (SSSR count). The summed E-state index contributed by atoms with van der Waals surface area (Å²) >= 11 is 0. The highest BCUT2D eigenvalue weighted by molar-refractivity contribution is 5.97. The van der Waals surface area contributed by atoms with Gasteiger partial charge < -0.3 is 25.0 Å². The molecular weight excluding hydrogens is 480 g/mol. The molecule has 0 radical (unpaired) electrons. The molecular formula is C30H40N4O4. The van der Waals surface area contributed by atoms with E-state index >= 15 is 0 Å². The summed E-state index contributed by atoms with van der Waals surface area (Å²) in [4.78, 5) is 32.9. The van der Waals surface area contributed by atoms with E-state index in [1.807, 2.05) is 26.0 Å². The van der Waals surface area contributed by atoms with Crippen molar-refractivity contribution in [3.63, 3.8) is 0 Å². The first-order chi connectivity index (χ1) is 18.4. The van der Waals surface area contributed by atoms with Gasteiger partial charge in [0, 0.05) is 57.5 Å². The fourth-order valence-corrected chi connectivity index (χ4v) is 6.11. The summed E-state index contributed by atoms with van der Waals surface area (Å²) in [5, 5.41) is 13.1. The molecule has 8 nitrogen and oxygen atoms in total. The zero-order valence-electron chi connectivity index (χ0n) is 22.5. The van der Waals surface area contributed by atoms with Crippen LogP contribution in [0.1, 0.15) is 67.1 Å². The number of urea groups is 1. The van der Waals surface area contributed by atoms with E-state index in [0.717, 1.165) is 64.1 Å². The molecule has 2 N–H and O–H groups in total. The summed E-state index contributed by atoms with van der Waals surface area (Å²) in [6, 6.07) is 16.4. The third kappa shape index (κ3) is 5.81. The lowest BCUT2D eigenvalue weighted by atomic mass is 9.98. The molecule has 3 heterocycles. The lowest BCUT2D eigenvalue weighted by Gasteiger charge is -2.39. The maximum atomic E-state index is 13.8. The van der Waals surface area contributed by atoms with Gasteiger partial charge in [-0.2, -0.15) is 0 Å². The SMILES string of the molecule is CC(C)NC(=O)c1cc(CN2CCC(N3C(=O)N(C4CCOCC4)CC3c3ccccc3)CC2)ccc1O. The summed E-state index contributed by atoms with van der Waals surface area (Å²) < 4.78 is 5.56. The van der Waals surface area contributed by atoms with E-state index in [0.29, 0.717) is 12.1 Å². The van der Waals surface area contributed by atoms with Crippen molar-refractivity contribution in [2.24, 2.45) is 0 Å². The molecule has 0 aliphatic carbocycles. The van der Waals surface area contributed by atoms with Crippen LogP contribution in [0.5, 0.6) is 5.75 Å². The average molecular weight is 521 g/mol. The van der Waals surface area contributed by atoms with Crippen LogP contribution in [0.15, 0.2) is 48.5 Å². The Morgan fingerprint density at radius 2 is 1.74 bits per heavy atom. The van der Waals surface area contributed by atoms with Crippen molar-refractivity contribution >= 4 is 11.9 Å². The molecule has 3 aliphatic heterocycles. The average Bonchev–Trinajstić information content (AvgIpc) is 3.27. The van der Waals surface area contributed by atoms with Crippen LogP contribution >= 0.6 is 0 Å². The molecule has 0 spiro atoms. The van der Waals surface area contributed by atoms with Gasteiger partial charge in [-0.25, -0.2) is 4.79 Å². The Morgan fingerprint density at radius 1 is 1.03 bits per heavy atom. The second kappa shape index (κ2) is 11.7. The van der Waals surface area contributed by atoms with Crippen LogP contribution in [-0.4, -0.2) is 82.7 Å². The monoisotopic (exact) mass is 520 g/mol. The summed E-state index contributed by atoms with van der Waals surface area (Å²) in [5.41, 5.74) is 2.52. The molecule has 1 atom stereocenters. The molecule has 3 amide bonds. The van der Waals surface area contributed by atoms with Crippen molar-refractivity contribution in [2.45, 2.75) is 70.2 Å². The van der Waals surface area contributed by atoms with Gasteiger partial charge in [-0.05, 0) is 62.8 Å². The van der Waals surface area contributed by atoms with E-state index < -0.39 is 0 Å². The van der Waals surface area contributed by atoms with Crippen molar-refractivity contribution in [2.75, 3.05) is 32.8 Å². The van der Waals surface area contributed by atoms with Gasteiger partial charge in [0.05, 0.1) is 11.6 Å². The molecule has 1 unspecified atom stereocenters. The van der Waals surface area contributed by atoms with Crippen LogP contribution in [0.4, 0.5) is 4.79 Å². The van der Waals surface area contributed by atoms with Gasteiger partial charge >= 0.3 is 6.03 Å². The van der Waals surface area contributed by atoms with Crippen molar-refractivity contribution in [1.82, 2.24) is 20.0 Å². The molecule has 204 valence electrons. The summed E-state index contributed by atoms with van der Waals surface area (Å²) in [5.74, 6) is -0.258. The first kappa shape index (κ1) is 26.5. The fourth-order valence-electron chi connectivity index (χ4n) is 6.11. The number of phenols is 1. The summed E-state index contributed by atoms with van der Waals surface area (Å²) in [7, 11) is 0. The number of hydrogen-bond donors (Lipinski definition) is 2. The molecule has 8 heteroatoms. The van der Waals surface area contributed by atoms with Crippen LogP contribution in [-0.2, 0) is 11.3 Å². The van der Waals surface area contributed by atoms with E-state index in [-0.39, 0.29) is 41.9 Å². The van der Waals surface area contributed by atoms with Gasteiger partial charge in [-0.3, -0.25) is 9.69 Å². The largest absolute Gasteiger partial charge is 0.507 e. The lowest BCUT2D eigenvalue weighted by molar-refractivity contribution is 0.0493. The third-order valence-corrected chi connectivity index (χ3v) is 8.07. The number of rotatable bonds is 7. The smallest absolute Gasteiger partial charge is 0.321 e. The number of hydrogen-bond acceptors (Lipinski definition) is 5. The van der Waals surface area contributed by atoms with E-state index in [1.54, 1.807) is 12.1 Å². The Bertz CT molecular complexity index is 1110. The predicted molar refractivity (Wildman–Crippen MR) is 146 cm³/mol. The van der Waals surface area contributed by atoms with Crippen molar-refractivity contribution in [3.8, 4) is 5.75 Å². The number of benzene rings is 2. The minimum Gasteiger partial charge on any atom is -0.507 e. The highest BCUT2D eigenvalue weighted by atomic mass is 16.5. The maximum absolute atomic E-state index is 13.8. The van der Waals surface area contributed by atoms with E-state index in [2.05, 4.69) is 44.3 Å². The number of phenolic OH excluding ortho intramolecular Hbond substituents is 1. The van der Waals surface area contributed by atoms with Crippen LogP contribution in [0, 0.1) is 0 Å². The third-order valence-electron chi connectivity index (χ3n) is 8.07. The number of carbonyl (C=O) groups is 2. The first-order valence-corrected chi connectivity index (χ1v) is 14.0. The molecule has 0 bridgehead atoms. The van der Waals surface area contributed by atoms with Gasteiger partial charge in [-0.1, -0.05) is 36.4 Å². The molecule has 3 aliphatic rings. The van der Waals surface area contributed by atoms with Gasteiger partial charge in [0.25, 0.3) is 5.91 Å². The Labute approximate surface area is 225 Å². The lowest BCUT2D eigenvalue weighted by Crippen LogP contribution is -2.48. The van der Waals surface area contributed by atoms with Crippen LogP contribution in [0.2, 0.25) is 0 Å². The number of amides is 3. The standard InChI is InChI=1S/C30H40N4O4/c1-21(2)31-29(36)26-18-22(8-9-28(26)35)19-32-14-10-25(11-15-32)34-27(23-6-4-3-5-7-23)20-33(30(34)37)24-12-16-38-17-13-24/h3-9,18,21,24-25,27,35H,10-17,19-20H2,1-2H3,(H,31,36). The molecule has 0 saturated carbocycles. The summed E-state index contributed by atoms with van der Waals surface area (Å²) in [6.07, 6.45) is 3.64. The molecule has 3 fully saturated rings. The minimum atomic E-state index is -0.258. The van der Waals surface area contributed by atoms with E-state index in [4.69, 9.17) is 4.74 Å². The minimum absolute atomic E-state index is 0.0000329. The number of nitrogens with zero attached hydrogens (tertiary/aromatic N) is 3.